The third-order valence-electron chi connectivity index (χ3n) is 3.66. The van der Waals surface area contributed by atoms with Crippen molar-refractivity contribution in [1.29, 1.82) is 0 Å². The standard InChI is InChI=1S/C17H17N3O3S/c1-3-14-18-11-6-4-5-7-13(11)20(14)10-15(21)19-12-8-9-24-16(12)17(22)23-2/h4-9H,3,10H2,1-2H3,(H,19,21). The van der Waals surface area contributed by atoms with E-state index in [2.05, 4.69) is 10.3 Å². The molecule has 2 heterocycles. The van der Waals surface area contributed by atoms with Crippen molar-refractivity contribution >= 4 is 39.9 Å². The number of amides is 1. The van der Waals surface area contributed by atoms with Crippen LogP contribution in [0.25, 0.3) is 11.0 Å². The zero-order valence-corrected chi connectivity index (χ0v) is 14.2. The van der Waals surface area contributed by atoms with Gasteiger partial charge in [-0.2, -0.15) is 0 Å². The summed E-state index contributed by atoms with van der Waals surface area (Å²) in [4.78, 5) is 29.1. The maximum atomic E-state index is 12.4. The molecule has 0 fully saturated rings. The number of nitrogens with zero attached hydrogens (tertiary/aromatic N) is 2. The molecule has 1 amide bonds. The van der Waals surface area contributed by atoms with Crippen LogP contribution in [0.1, 0.15) is 22.4 Å². The van der Waals surface area contributed by atoms with Crippen molar-refractivity contribution in [2.45, 2.75) is 19.9 Å². The molecule has 0 saturated heterocycles. The fourth-order valence-electron chi connectivity index (χ4n) is 2.56. The van der Waals surface area contributed by atoms with Crippen molar-refractivity contribution in [2.24, 2.45) is 0 Å². The highest BCUT2D eigenvalue weighted by molar-refractivity contribution is 7.12. The topological polar surface area (TPSA) is 73.2 Å². The SMILES string of the molecule is CCc1nc2ccccc2n1CC(=O)Nc1ccsc1C(=O)OC. The number of ether oxygens (including phenoxy) is 1. The Morgan fingerprint density at radius 3 is 2.83 bits per heavy atom. The molecule has 0 spiro atoms. The first-order valence-corrected chi connectivity index (χ1v) is 8.41. The Labute approximate surface area is 143 Å². The van der Waals surface area contributed by atoms with E-state index < -0.39 is 5.97 Å². The van der Waals surface area contributed by atoms with Crippen LogP contribution in [0.15, 0.2) is 35.7 Å². The summed E-state index contributed by atoms with van der Waals surface area (Å²) in [6.07, 6.45) is 0.730. The summed E-state index contributed by atoms with van der Waals surface area (Å²) < 4.78 is 6.62. The van der Waals surface area contributed by atoms with E-state index >= 15 is 0 Å². The number of fused-ring (bicyclic) bond motifs is 1. The monoisotopic (exact) mass is 343 g/mol. The van der Waals surface area contributed by atoms with Crippen molar-refractivity contribution in [1.82, 2.24) is 9.55 Å². The van der Waals surface area contributed by atoms with Gasteiger partial charge in [0.15, 0.2) is 0 Å². The minimum Gasteiger partial charge on any atom is -0.465 e. The second kappa shape index (κ2) is 6.84. The smallest absolute Gasteiger partial charge is 0.350 e. The summed E-state index contributed by atoms with van der Waals surface area (Å²) in [5.74, 6) is 0.184. The molecular weight excluding hydrogens is 326 g/mol. The lowest BCUT2D eigenvalue weighted by Gasteiger charge is -2.09. The van der Waals surface area contributed by atoms with Crippen LogP contribution in [0, 0.1) is 0 Å². The maximum Gasteiger partial charge on any atom is 0.350 e. The van der Waals surface area contributed by atoms with Crippen LogP contribution in [0.2, 0.25) is 0 Å². The highest BCUT2D eigenvalue weighted by Crippen LogP contribution is 2.23. The number of carbonyl (C=O) groups excluding carboxylic acids is 2. The van der Waals surface area contributed by atoms with Crippen LogP contribution in [-0.4, -0.2) is 28.5 Å². The van der Waals surface area contributed by atoms with Crippen LogP contribution in [0.5, 0.6) is 0 Å². The first kappa shape index (κ1) is 16.2. The predicted octanol–water partition coefficient (Wildman–Crippen LogP) is 3.09. The lowest BCUT2D eigenvalue weighted by molar-refractivity contribution is -0.116. The van der Waals surface area contributed by atoms with Crippen molar-refractivity contribution in [3.8, 4) is 0 Å². The number of benzene rings is 1. The van der Waals surface area contributed by atoms with Crippen molar-refractivity contribution in [3.63, 3.8) is 0 Å². The molecule has 3 aromatic rings. The fraction of sp³-hybridized carbons (Fsp3) is 0.235. The average Bonchev–Trinajstić information content (AvgIpc) is 3.19. The fourth-order valence-corrected chi connectivity index (χ4v) is 3.33. The van der Waals surface area contributed by atoms with Gasteiger partial charge in [0.1, 0.15) is 17.2 Å². The Morgan fingerprint density at radius 2 is 2.08 bits per heavy atom. The molecule has 7 heteroatoms. The largest absolute Gasteiger partial charge is 0.465 e. The second-order valence-electron chi connectivity index (χ2n) is 5.16. The van der Waals surface area contributed by atoms with Gasteiger partial charge >= 0.3 is 5.97 Å². The zero-order valence-electron chi connectivity index (χ0n) is 13.4. The quantitative estimate of drug-likeness (QED) is 0.723. The summed E-state index contributed by atoms with van der Waals surface area (Å²) in [7, 11) is 1.32. The van der Waals surface area contributed by atoms with Crippen molar-refractivity contribution < 1.29 is 14.3 Å². The van der Waals surface area contributed by atoms with Gasteiger partial charge in [-0.15, -0.1) is 11.3 Å². The Morgan fingerprint density at radius 1 is 1.29 bits per heavy atom. The van der Waals surface area contributed by atoms with Gasteiger partial charge in [-0.25, -0.2) is 9.78 Å². The summed E-state index contributed by atoms with van der Waals surface area (Å²) in [5.41, 5.74) is 2.26. The van der Waals surface area contributed by atoms with E-state index in [0.717, 1.165) is 23.3 Å². The number of hydrogen-bond acceptors (Lipinski definition) is 5. The molecule has 1 N–H and O–H groups in total. The predicted molar refractivity (Wildman–Crippen MR) is 93.4 cm³/mol. The van der Waals surface area contributed by atoms with Crippen LogP contribution in [0.3, 0.4) is 0 Å². The molecule has 0 radical (unpaired) electrons. The molecule has 1 aromatic carbocycles. The Balaban J connectivity index is 1.83. The van der Waals surface area contributed by atoms with Gasteiger partial charge in [0.25, 0.3) is 0 Å². The number of thiophene rings is 1. The van der Waals surface area contributed by atoms with E-state index in [-0.39, 0.29) is 12.5 Å². The summed E-state index contributed by atoms with van der Waals surface area (Å²) in [6.45, 7) is 2.14. The number of methoxy groups -OCH3 is 1. The van der Waals surface area contributed by atoms with Crippen LogP contribution >= 0.6 is 11.3 Å². The zero-order chi connectivity index (χ0) is 17.1. The summed E-state index contributed by atoms with van der Waals surface area (Å²) >= 11 is 1.23. The summed E-state index contributed by atoms with van der Waals surface area (Å²) in [6, 6.07) is 9.41. The summed E-state index contributed by atoms with van der Waals surface area (Å²) in [5, 5.41) is 4.52. The molecule has 6 nitrogen and oxygen atoms in total. The van der Waals surface area contributed by atoms with Crippen LogP contribution in [-0.2, 0) is 22.5 Å². The molecule has 0 unspecified atom stereocenters. The maximum absolute atomic E-state index is 12.4. The third-order valence-corrected chi connectivity index (χ3v) is 4.56. The highest BCUT2D eigenvalue weighted by atomic mass is 32.1. The van der Waals surface area contributed by atoms with E-state index in [1.54, 1.807) is 11.4 Å². The van der Waals surface area contributed by atoms with Gasteiger partial charge in [0, 0.05) is 6.42 Å². The molecule has 0 aliphatic heterocycles. The van der Waals surface area contributed by atoms with Crippen molar-refractivity contribution in [3.05, 3.63) is 46.4 Å². The normalized spacial score (nSPS) is 10.8. The van der Waals surface area contributed by atoms with E-state index in [0.29, 0.717) is 10.6 Å². The van der Waals surface area contributed by atoms with Gasteiger partial charge < -0.3 is 14.6 Å². The number of nitrogens with one attached hydrogen (secondary N) is 1. The van der Waals surface area contributed by atoms with E-state index in [1.807, 2.05) is 35.8 Å². The molecule has 0 aliphatic carbocycles. The van der Waals surface area contributed by atoms with E-state index in [9.17, 15) is 9.59 Å². The second-order valence-corrected chi connectivity index (χ2v) is 6.08. The van der Waals surface area contributed by atoms with Crippen molar-refractivity contribution in [2.75, 3.05) is 12.4 Å². The lowest BCUT2D eigenvalue weighted by atomic mass is 10.3. The third kappa shape index (κ3) is 3.03. The molecular formula is C17H17N3O3S. The van der Waals surface area contributed by atoms with E-state index in [4.69, 9.17) is 4.74 Å². The minimum atomic E-state index is -0.456. The van der Waals surface area contributed by atoms with Crippen LogP contribution < -0.4 is 5.32 Å². The first-order valence-electron chi connectivity index (χ1n) is 7.53. The molecule has 124 valence electrons. The Kier molecular flexibility index (Phi) is 4.61. The number of anilines is 1. The van der Waals surface area contributed by atoms with Gasteiger partial charge in [-0.1, -0.05) is 19.1 Å². The number of esters is 1. The molecule has 0 atom stereocenters. The van der Waals surface area contributed by atoms with E-state index in [1.165, 1.54) is 18.4 Å². The minimum absolute atomic E-state index is 0.139. The van der Waals surface area contributed by atoms with Gasteiger partial charge in [0.05, 0.1) is 23.8 Å². The van der Waals surface area contributed by atoms with Gasteiger partial charge in [-0.3, -0.25) is 4.79 Å². The number of imidazole rings is 1. The highest BCUT2D eigenvalue weighted by Gasteiger charge is 2.17. The number of carbonyl (C=O) groups is 2. The Bertz CT molecular complexity index is 898. The molecule has 24 heavy (non-hydrogen) atoms. The molecule has 0 saturated carbocycles. The molecule has 0 aliphatic rings. The van der Waals surface area contributed by atoms with Crippen LogP contribution in [0.4, 0.5) is 5.69 Å². The first-order chi connectivity index (χ1) is 11.6. The van der Waals surface area contributed by atoms with Gasteiger partial charge in [0.2, 0.25) is 5.91 Å². The number of rotatable bonds is 5. The average molecular weight is 343 g/mol. The number of aryl methyl sites for hydroxylation is 1. The lowest BCUT2D eigenvalue weighted by Crippen LogP contribution is -2.20. The molecule has 3 rings (SSSR count). The molecule has 2 aromatic heterocycles. The Hall–Kier alpha value is -2.67. The number of para-hydroxylation sites is 2. The number of aromatic nitrogens is 2. The number of hydrogen-bond donors (Lipinski definition) is 1. The molecule has 0 bridgehead atoms. The van der Waals surface area contributed by atoms with Gasteiger partial charge in [-0.05, 0) is 23.6 Å².